The highest BCUT2D eigenvalue weighted by Crippen LogP contribution is 2.44. The van der Waals surface area contributed by atoms with Crippen molar-refractivity contribution in [3.8, 4) is 11.9 Å². The summed E-state index contributed by atoms with van der Waals surface area (Å²) < 4.78 is 11.5. The molecule has 24 heavy (non-hydrogen) atoms. The van der Waals surface area contributed by atoms with Crippen molar-refractivity contribution in [2.45, 2.75) is 24.9 Å². The first-order valence-corrected chi connectivity index (χ1v) is 9.04. The number of anilines is 1. The van der Waals surface area contributed by atoms with E-state index < -0.39 is 0 Å². The highest BCUT2D eigenvalue weighted by Gasteiger charge is 2.41. The van der Waals surface area contributed by atoms with Crippen LogP contribution in [-0.2, 0) is 16.8 Å². The normalized spacial score (nSPS) is 18.9. The highest BCUT2D eigenvalue weighted by molar-refractivity contribution is 7.10. The molecule has 2 aromatic heterocycles. The third kappa shape index (κ3) is 2.36. The molecule has 2 aromatic rings. The molecule has 0 bridgehead atoms. The number of hydrogen-bond acceptors (Lipinski definition) is 6. The Labute approximate surface area is 145 Å². The van der Waals surface area contributed by atoms with Crippen LogP contribution in [0.15, 0.2) is 23.7 Å². The van der Waals surface area contributed by atoms with Gasteiger partial charge in [0.1, 0.15) is 11.6 Å². The lowest BCUT2D eigenvalue weighted by molar-refractivity contribution is -0.0756. The van der Waals surface area contributed by atoms with E-state index in [2.05, 4.69) is 27.4 Å². The average molecular weight is 341 g/mol. The van der Waals surface area contributed by atoms with Gasteiger partial charge in [0.05, 0.1) is 25.0 Å². The Bertz CT molecular complexity index is 788. The predicted molar refractivity (Wildman–Crippen MR) is 92.6 cm³/mol. The molecule has 1 spiro atoms. The number of nitriles is 1. The fourth-order valence-electron chi connectivity index (χ4n) is 3.84. The number of thiophene rings is 1. The number of ether oxygens (including phenoxy) is 2. The Morgan fingerprint density at radius 2 is 2.21 bits per heavy atom. The van der Waals surface area contributed by atoms with Crippen molar-refractivity contribution < 1.29 is 9.47 Å². The van der Waals surface area contributed by atoms with Crippen LogP contribution in [0.3, 0.4) is 0 Å². The fraction of sp³-hybridized carbons (Fsp3) is 0.444. The van der Waals surface area contributed by atoms with Crippen LogP contribution < -0.4 is 9.64 Å². The molecule has 0 atom stereocenters. The Morgan fingerprint density at radius 1 is 1.38 bits per heavy atom. The number of piperidine rings is 1. The van der Waals surface area contributed by atoms with Crippen LogP contribution in [0.5, 0.6) is 5.88 Å². The van der Waals surface area contributed by atoms with Gasteiger partial charge in [0.15, 0.2) is 0 Å². The molecule has 1 fully saturated rings. The van der Waals surface area contributed by atoms with Crippen molar-refractivity contribution in [2.24, 2.45) is 0 Å². The second kappa shape index (κ2) is 6.08. The molecule has 2 aliphatic rings. The van der Waals surface area contributed by atoms with Crippen molar-refractivity contribution in [1.29, 1.82) is 5.26 Å². The largest absolute Gasteiger partial charge is 0.480 e. The van der Waals surface area contributed by atoms with Crippen LogP contribution in [0.1, 0.15) is 28.8 Å². The van der Waals surface area contributed by atoms with Crippen molar-refractivity contribution in [1.82, 2.24) is 4.98 Å². The van der Waals surface area contributed by atoms with E-state index in [-0.39, 0.29) is 5.60 Å². The first-order valence-electron chi connectivity index (χ1n) is 8.16. The summed E-state index contributed by atoms with van der Waals surface area (Å²) in [6, 6.07) is 6.36. The van der Waals surface area contributed by atoms with Gasteiger partial charge in [0.2, 0.25) is 5.88 Å². The molecule has 0 saturated carbocycles. The van der Waals surface area contributed by atoms with Gasteiger partial charge in [0, 0.05) is 30.6 Å². The second-order valence-corrected chi connectivity index (χ2v) is 7.16. The molecule has 4 rings (SSSR count). The molecular weight excluding hydrogens is 322 g/mol. The summed E-state index contributed by atoms with van der Waals surface area (Å²) in [5.74, 6) is 0.393. The van der Waals surface area contributed by atoms with Gasteiger partial charge in [-0.3, -0.25) is 0 Å². The van der Waals surface area contributed by atoms with Crippen molar-refractivity contribution in [3.05, 3.63) is 39.7 Å². The quantitative estimate of drug-likeness (QED) is 0.840. The van der Waals surface area contributed by atoms with Gasteiger partial charge in [-0.15, -0.1) is 11.3 Å². The fourth-order valence-corrected chi connectivity index (χ4v) is 4.79. The van der Waals surface area contributed by atoms with Gasteiger partial charge in [-0.25, -0.2) is 4.98 Å². The van der Waals surface area contributed by atoms with Gasteiger partial charge >= 0.3 is 0 Å². The molecule has 6 heteroatoms. The molecule has 0 amide bonds. The molecule has 124 valence electrons. The smallest absolute Gasteiger partial charge is 0.233 e. The first kappa shape index (κ1) is 15.4. The van der Waals surface area contributed by atoms with E-state index in [1.54, 1.807) is 13.3 Å². The predicted octanol–water partition coefficient (Wildman–Crippen LogP) is 3.09. The summed E-state index contributed by atoms with van der Waals surface area (Å²) in [6.07, 6.45) is 4.60. The minimum absolute atomic E-state index is 0.145. The van der Waals surface area contributed by atoms with Crippen LogP contribution >= 0.6 is 11.3 Å². The minimum Gasteiger partial charge on any atom is -0.480 e. The third-order valence-electron chi connectivity index (χ3n) is 5.05. The zero-order valence-electron chi connectivity index (χ0n) is 13.6. The van der Waals surface area contributed by atoms with E-state index in [1.165, 1.54) is 10.4 Å². The molecule has 0 radical (unpaired) electrons. The lowest BCUT2D eigenvalue weighted by Crippen LogP contribution is -2.46. The zero-order valence-corrected chi connectivity index (χ0v) is 14.4. The maximum Gasteiger partial charge on any atom is 0.233 e. The number of nitrogens with zero attached hydrogens (tertiary/aromatic N) is 3. The Hall–Kier alpha value is -2.10. The summed E-state index contributed by atoms with van der Waals surface area (Å²) in [6.45, 7) is 2.52. The topological polar surface area (TPSA) is 58.4 Å². The molecule has 0 N–H and O–H groups in total. The zero-order chi connectivity index (χ0) is 16.6. The van der Waals surface area contributed by atoms with E-state index in [9.17, 15) is 5.26 Å². The number of pyridine rings is 1. The van der Waals surface area contributed by atoms with Crippen LogP contribution in [0.25, 0.3) is 0 Å². The lowest BCUT2D eigenvalue weighted by atomic mass is 9.82. The van der Waals surface area contributed by atoms with Crippen molar-refractivity contribution >= 4 is 17.0 Å². The SMILES string of the molecule is COc1nccc(N2CCC3(CC2)OCCc2sccc23)c1C#N. The van der Waals surface area contributed by atoms with Gasteiger partial charge in [-0.2, -0.15) is 5.26 Å². The molecular formula is C18H19N3O2S. The van der Waals surface area contributed by atoms with Gasteiger partial charge in [0.25, 0.3) is 0 Å². The van der Waals surface area contributed by atoms with Crippen molar-refractivity contribution in [3.63, 3.8) is 0 Å². The summed E-state index contributed by atoms with van der Waals surface area (Å²) in [4.78, 5) is 7.85. The number of methoxy groups -OCH3 is 1. The number of rotatable bonds is 2. The first-order chi connectivity index (χ1) is 11.8. The maximum atomic E-state index is 9.49. The van der Waals surface area contributed by atoms with Crippen LogP contribution in [-0.4, -0.2) is 31.8 Å². The standard InChI is InChI=1S/C18H19N3O2S/c1-22-17-13(12-19)15(2-7-20-17)21-8-5-18(6-9-21)14-4-11-24-16(14)3-10-23-18/h2,4,7,11H,3,5-6,8-10H2,1H3. The number of fused-ring (bicyclic) bond motifs is 2. The second-order valence-electron chi connectivity index (χ2n) is 6.16. The molecule has 5 nitrogen and oxygen atoms in total. The van der Waals surface area contributed by atoms with Gasteiger partial charge in [-0.05, 0) is 35.9 Å². The van der Waals surface area contributed by atoms with Gasteiger partial charge in [-0.1, -0.05) is 0 Å². The van der Waals surface area contributed by atoms with E-state index in [0.717, 1.165) is 44.6 Å². The summed E-state index contributed by atoms with van der Waals surface area (Å²) in [7, 11) is 1.55. The lowest BCUT2D eigenvalue weighted by Gasteiger charge is -2.44. The molecule has 4 heterocycles. The average Bonchev–Trinajstić information content (AvgIpc) is 3.12. The summed E-state index contributed by atoms with van der Waals surface area (Å²) >= 11 is 1.84. The number of aromatic nitrogens is 1. The Balaban J connectivity index is 1.60. The Kier molecular flexibility index (Phi) is 3.91. The van der Waals surface area contributed by atoms with Crippen LogP contribution in [0.2, 0.25) is 0 Å². The monoisotopic (exact) mass is 341 g/mol. The minimum atomic E-state index is -0.145. The van der Waals surface area contributed by atoms with Gasteiger partial charge < -0.3 is 14.4 Å². The molecule has 0 aromatic carbocycles. The molecule has 1 saturated heterocycles. The van der Waals surface area contributed by atoms with E-state index in [4.69, 9.17) is 9.47 Å². The van der Waals surface area contributed by atoms with Crippen LogP contribution in [0, 0.1) is 11.3 Å². The highest BCUT2D eigenvalue weighted by atomic mass is 32.1. The summed E-state index contributed by atoms with van der Waals surface area (Å²) in [5, 5.41) is 11.7. The number of hydrogen-bond donors (Lipinski definition) is 0. The van der Waals surface area contributed by atoms with E-state index in [0.29, 0.717) is 11.4 Å². The van der Waals surface area contributed by atoms with E-state index in [1.807, 2.05) is 17.4 Å². The molecule has 0 unspecified atom stereocenters. The maximum absolute atomic E-state index is 9.49. The van der Waals surface area contributed by atoms with Crippen molar-refractivity contribution in [2.75, 3.05) is 31.7 Å². The third-order valence-corrected chi connectivity index (χ3v) is 6.04. The molecule has 0 aliphatic carbocycles. The van der Waals surface area contributed by atoms with E-state index >= 15 is 0 Å². The summed E-state index contributed by atoms with van der Waals surface area (Å²) in [5.41, 5.74) is 2.65. The Morgan fingerprint density at radius 3 is 2.96 bits per heavy atom. The van der Waals surface area contributed by atoms with Crippen LogP contribution in [0.4, 0.5) is 5.69 Å². The molecule has 2 aliphatic heterocycles.